The second-order valence-electron chi connectivity index (χ2n) is 5.81. The van der Waals surface area contributed by atoms with Crippen LogP contribution in [0.4, 0.5) is 0 Å². The number of ether oxygens (including phenoxy) is 1. The maximum Gasteiger partial charge on any atom is 0.332 e. The van der Waals surface area contributed by atoms with Gasteiger partial charge in [0, 0.05) is 13.1 Å². The van der Waals surface area contributed by atoms with E-state index in [9.17, 15) is 9.59 Å². The average molecular weight is 289 g/mol. The topological polar surface area (TPSA) is 66.8 Å². The Morgan fingerprint density at radius 2 is 1.71 bits per heavy atom. The fourth-order valence-electron chi connectivity index (χ4n) is 3.22. The van der Waals surface area contributed by atoms with Crippen molar-refractivity contribution in [3.8, 4) is 0 Å². The van der Waals surface area contributed by atoms with E-state index in [0.717, 1.165) is 12.8 Å². The maximum atomic E-state index is 12.5. The third kappa shape index (κ3) is 2.65. The number of carbonyl (C=O) groups excluding carboxylic acids is 1. The molecule has 5 heteroatoms. The quantitative estimate of drug-likeness (QED) is 0.909. The molecular weight excluding hydrogens is 270 g/mol. The fraction of sp³-hybridized carbons (Fsp3) is 0.500. The summed E-state index contributed by atoms with van der Waals surface area (Å²) in [5.41, 5.74) is 2.58. The molecule has 21 heavy (non-hydrogen) atoms. The van der Waals surface area contributed by atoms with Crippen LogP contribution < -0.4 is 0 Å². The van der Waals surface area contributed by atoms with Crippen molar-refractivity contribution < 1.29 is 19.4 Å². The molecule has 1 heterocycles. The van der Waals surface area contributed by atoms with Gasteiger partial charge in [-0.25, -0.2) is 4.79 Å². The van der Waals surface area contributed by atoms with E-state index in [2.05, 4.69) is 12.1 Å². The van der Waals surface area contributed by atoms with Crippen LogP contribution in [0.15, 0.2) is 24.3 Å². The molecule has 1 aromatic carbocycles. The number of nitrogens with zero attached hydrogens (tertiary/aromatic N) is 1. The first-order valence-corrected chi connectivity index (χ1v) is 7.28. The number of hydrogen-bond acceptors (Lipinski definition) is 3. The molecule has 1 aromatic rings. The van der Waals surface area contributed by atoms with E-state index in [-0.39, 0.29) is 11.9 Å². The van der Waals surface area contributed by atoms with Crippen molar-refractivity contribution in [2.75, 3.05) is 7.05 Å². The largest absolute Gasteiger partial charge is 0.479 e. The molecule has 0 aromatic heterocycles. The Labute approximate surface area is 123 Å². The van der Waals surface area contributed by atoms with E-state index < -0.39 is 18.2 Å². The number of likely N-dealkylation sites (N-methyl/N-ethyl adjacent to an activating group) is 1. The summed E-state index contributed by atoms with van der Waals surface area (Å²) in [6.07, 6.45) is 1.15. The molecule has 1 aliphatic carbocycles. The Hall–Kier alpha value is -1.88. The second kappa shape index (κ2) is 5.48. The van der Waals surface area contributed by atoms with E-state index in [1.165, 1.54) is 11.1 Å². The predicted octanol–water partition coefficient (Wildman–Crippen LogP) is 1.24. The molecule has 1 N–H and O–H groups in total. The van der Waals surface area contributed by atoms with Crippen molar-refractivity contribution in [3.05, 3.63) is 35.4 Å². The lowest BCUT2D eigenvalue weighted by Gasteiger charge is -2.27. The maximum absolute atomic E-state index is 12.5. The van der Waals surface area contributed by atoms with Gasteiger partial charge >= 0.3 is 5.97 Å². The third-order valence-electron chi connectivity index (χ3n) is 4.50. The molecule has 0 radical (unpaired) electrons. The minimum Gasteiger partial charge on any atom is -0.479 e. The zero-order valence-electron chi connectivity index (χ0n) is 12.0. The summed E-state index contributed by atoms with van der Waals surface area (Å²) in [7, 11) is 1.79. The molecule has 0 saturated carbocycles. The monoisotopic (exact) mass is 289 g/mol. The van der Waals surface area contributed by atoms with Crippen molar-refractivity contribution in [2.45, 2.75) is 43.9 Å². The summed E-state index contributed by atoms with van der Waals surface area (Å²) < 4.78 is 5.35. The van der Waals surface area contributed by atoms with Gasteiger partial charge in [0.2, 0.25) is 0 Å². The zero-order valence-corrected chi connectivity index (χ0v) is 12.0. The first-order valence-electron chi connectivity index (χ1n) is 7.28. The van der Waals surface area contributed by atoms with Crippen molar-refractivity contribution in [2.24, 2.45) is 0 Å². The molecule has 0 unspecified atom stereocenters. The smallest absolute Gasteiger partial charge is 0.332 e. The first kappa shape index (κ1) is 14.1. The average Bonchev–Trinajstić information content (AvgIpc) is 3.12. The minimum absolute atomic E-state index is 0.100. The number of fused-ring (bicyclic) bond motifs is 1. The molecule has 1 fully saturated rings. The van der Waals surface area contributed by atoms with Gasteiger partial charge in [-0.2, -0.15) is 0 Å². The van der Waals surface area contributed by atoms with Crippen LogP contribution in [0.2, 0.25) is 0 Å². The van der Waals surface area contributed by atoms with E-state index in [0.29, 0.717) is 12.8 Å². The van der Waals surface area contributed by atoms with E-state index in [1.54, 1.807) is 11.9 Å². The summed E-state index contributed by atoms with van der Waals surface area (Å²) in [5.74, 6) is -1.09. The number of aliphatic carboxylic acids is 1. The Bertz CT molecular complexity index is 546. The van der Waals surface area contributed by atoms with Crippen LogP contribution in [-0.2, 0) is 27.2 Å². The van der Waals surface area contributed by atoms with Crippen LogP contribution in [0.3, 0.4) is 0 Å². The van der Waals surface area contributed by atoms with Crippen LogP contribution in [0.25, 0.3) is 0 Å². The van der Waals surface area contributed by atoms with Gasteiger partial charge in [0.15, 0.2) is 6.10 Å². The summed E-state index contributed by atoms with van der Waals surface area (Å²) >= 11 is 0. The van der Waals surface area contributed by atoms with Crippen LogP contribution in [0, 0.1) is 0 Å². The van der Waals surface area contributed by atoms with Gasteiger partial charge in [0.05, 0.1) is 0 Å². The van der Waals surface area contributed by atoms with Gasteiger partial charge in [0.25, 0.3) is 5.91 Å². The van der Waals surface area contributed by atoms with Gasteiger partial charge in [-0.3, -0.25) is 4.79 Å². The standard InChI is InChI=1S/C16H19NO4/c1-17(12-8-10-4-2-3-5-11(10)9-12)15(18)13-6-7-14(21-13)16(19)20/h2-5,12-14H,6-9H2,1H3,(H,19,20)/t13-,14+/m0/s1. The Balaban J connectivity index is 1.63. The molecule has 1 amide bonds. The zero-order chi connectivity index (χ0) is 15.0. The number of carboxylic acid groups (broad SMARTS) is 1. The van der Waals surface area contributed by atoms with Crippen molar-refractivity contribution >= 4 is 11.9 Å². The first-order chi connectivity index (χ1) is 10.1. The molecule has 112 valence electrons. The SMILES string of the molecule is CN(C(=O)[C@@H]1CC[C@H](C(=O)O)O1)C1Cc2ccccc2C1. The number of carbonyl (C=O) groups is 2. The molecule has 5 nitrogen and oxygen atoms in total. The number of rotatable bonds is 3. The van der Waals surface area contributed by atoms with Gasteiger partial charge in [-0.05, 0) is 36.8 Å². The number of benzene rings is 1. The summed E-state index contributed by atoms with van der Waals surface area (Å²) in [4.78, 5) is 25.1. The Morgan fingerprint density at radius 3 is 2.24 bits per heavy atom. The summed E-state index contributed by atoms with van der Waals surface area (Å²) in [6, 6.07) is 8.36. The van der Waals surface area contributed by atoms with Gasteiger partial charge in [-0.15, -0.1) is 0 Å². The van der Waals surface area contributed by atoms with E-state index >= 15 is 0 Å². The lowest BCUT2D eigenvalue weighted by molar-refractivity contribution is -0.155. The van der Waals surface area contributed by atoms with E-state index in [4.69, 9.17) is 9.84 Å². The van der Waals surface area contributed by atoms with E-state index in [1.807, 2.05) is 12.1 Å². The normalized spacial score (nSPS) is 24.8. The van der Waals surface area contributed by atoms with Crippen molar-refractivity contribution in [3.63, 3.8) is 0 Å². The lowest BCUT2D eigenvalue weighted by atomic mass is 10.1. The molecule has 1 saturated heterocycles. The number of carboxylic acids is 1. The lowest BCUT2D eigenvalue weighted by Crippen LogP contribution is -2.43. The highest BCUT2D eigenvalue weighted by atomic mass is 16.5. The molecule has 2 aliphatic rings. The van der Waals surface area contributed by atoms with Crippen molar-refractivity contribution in [1.29, 1.82) is 0 Å². The molecule has 1 aliphatic heterocycles. The molecule has 3 rings (SSSR count). The van der Waals surface area contributed by atoms with Crippen LogP contribution in [0.1, 0.15) is 24.0 Å². The molecule has 0 spiro atoms. The van der Waals surface area contributed by atoms with Crippen LogP contribution in [-0.4, -0.2) is 47.2 Å². The fourth-order valence-corrected chi connectivity index (χ4v) is 3.22. The van der Waals surface area contributed by atoms with Crippen LogP contribution >= 0.6 is 0 Å². The molecule has 2 atom stereocenters. The van der Waals surface area contributed by atoms with Crippen LogP contribution in [0.5, 0.6) is 0 Å². The highest BCUT2D eigenvalue weighted by Gasteiger charge is 2.38. The third-order valence-corrected chi connectivity index (χ3v) is 4.50. The highest BCUT2D eigenvalue weighted by molar-refractivity contribution is 5.83. The minimum atomic E-state index is -0.985. The summed E-state index contributed by atoms with van der Waals surface area (Å²) in [6.45, 7) is 0. The number of amides is 1. The highest BCUT2D eigenvalue weighted by Crippen LogP contribution is 2.27. The van der Waals surface area contributed by atoms with Crippen molar-refractivity contribution in [1.82, 2.24) is 4.90 Å². The Kier molecular flexibility index (Phi) is 3.68. The second-order valence-corrected chi connectivity index (χ2v) is 5.81. The molecular formula is C16H19NO4. The molecule has 0 bridgehead atoms. The van der Waals surface area contributed by atoms with Gasteiger partial charge in [0.1, 0.15) is 6.10 Å². The Morgan fingerprint density at radius 1 is 1.14 bits per heavy atom. The van der Waals surface area contributed by atoms with Gasteiger partial charge < -0.3 is 14.7 Å². The predicted molar refractivity (Wildman–Crippen MR) is 75.9 cm³/mol. The van der Waals surface area contributed by atoms with Gasteiger partial charge in [-0.1, -0.05) is 24.3 Å². The summed E-state index contributed by atoms with van der Waals surface area (Å²) in [5, 5.41) is 8.93. The number of hydrogen-bond donors (Lipinski definition) is 1.